The van der Waals surface area contributed by atoms with E-state index in [2.05, 4.69) is 18.7 Å². The third-order valence-electron chi connectivity index (χ3n) is 3.36. The van der Waals surface area contributed by atoms with Gasteiger partial charge in [-0.2, -0.15) is 0 Å². The molecule has 0 aliphatic carbocycles. The summed E-state index contributed by atoms with van der Waals surface area (Å²) in [6.45, 7) is 8.91. The quantitative estimate of drug-likeness (QED) is 0.870. The van der Waals surface area contributed by atoms with Crippen LogP contribution in [0.4, 0.5) is 0 Å². The van der Waals surface area contributed by atoms with Crippen molar-refractivity contribution in [1.82, 2.24) is 4.90 Å². The van der Waals surface area contributed by atoms with E-state index in [9.17, 15) is 5.11 Å². The summed E-state index contributed by atoms with van der Waals surface area (Å²) in [6.07, 6.45) is 0. The van der Waals surface area contributed by atoms with Crippen LogP contribution < -0.4 is 0 Å². The van der Waals surface area contributed by atoms with Crippen molar-refractivity contribution in [3.05, 3.63) is 29.8 Å². The Bertz CT molecular complexity index is 370. The van der Waals surface area contributed by atoms with E-state index in [1.165, 1.54) is 0 Å². The largest absolute Gasteiger partial charge is 0.508 e. The molecule has 0 amide bonds. The molecule has 1 aliphatic rings. The average molecular weight is 235 g/mol. The number of benzene rings is 1. The van der Waals surface area contributed by atoms with E-state index in [0.717, 1.165) is 38.4 Å². The second kappa shape index (κ2) is 5.07. The minimum absolute atomic E-state index is 0.0390. The fraction of sp³-hybridized carbons (Fsp3) is 0.571. The lowest BCUT2D eigenvalue weighted by Gasteiger charge is -2.35. The first-order valence-electron chi connectivity index (χ1n) is 6.18. The van der Waals surface area contributed by atoms with Crippen LogP contribution in [0, 0.1) is 0 Å². The lowest BCUT2D eigenvalue weighted by molar-refractivity contribution is 0.0294. The summed E-state index contributed by atoms with van der Waals surface area (Å²) in [5, 5.41) is 9.93. The molecule has 0 aromatic heterocycles. The van der Waals surface area contributed by atoms with Crippen LogP contribution in [0.1, 0.15) is 19.4 Å². The molecule has 1 fully saturated rings. The Hall–Kier alpha value is -1.06. The first-order valence-corrected chi connectivity index (χ1v) is 6.18. The van der Waals surface area contributed by atoms with Crippen LogP contribution in [0.15, 0.2) is 24.3 Å². The second-order valence-corrected chi connectivity index (χ2v) is 5.29. The fourth-order valence-corrected chi connectivity index (χ4v) is 2.45. The van der Waals surface area contributed by atoms with Crippen molar-refractivity contribution >= 4 is 0 Å². The molecule has 3 nitrogen and oxygen atoms in total. The maximum Gasteiger partial charge on any atom is 0.119 e. The molecule has 3 heteroatoms. The molecule has 2 rings (SSSR count). The third kappa shape index (κ3) is 2.99. The predicted octanol–water partition coefficient (Wildman–Crippen LogP) is 2.00. The van der Waals surface area contributed by atoms with Crippen LogP contribution >= 0.6 is 0 Å². The van der Waals surface area contributed by atoms with Crippen molar-refractivity contribution in [3.63, 3.8) is 0 Å². The number of ether oxygens (including phenoxy) is 1. The number of rotatable bonds is 3. The molecular weight excluding hydrogens is 214 g/mol. The van der Waals surface area contributed by atoms with Crippen LogP contribution in [0.5, 0.6) is 5.75 Å². The first-order chi connectivity index (χ1) is 8.09. The first kappa shape index (κ1) is 12.4. The molecule has 1 aromatic rings. The molecule has 0 radical (unpaired) electrons. The highest BCUT2D eigenvalue weighted by molar-refractivity contribution is 5.37. The van der Waals surface area contributed by atoms with Gasteiger partial charge in [-0.25, -0.2) is 0 Å². The van der Waals surface area contributed by atoms with Crippen LogP contribution in [-0.4, -0.2) is 42.9 Å². The summed E-state index contributed by atoms with van der Waals surface area (Å²) < 4.78 is 5.35. The van der Waals surface area contributed by atoms with Crippen molar-refractivity contribution in [1.29, 1.82) is 0 Å². The maximum atomic E-state index is 9.93. The van der Waals surface area contributed by atoms with Crippen molar-refractivity contribution < 1.29 is 9.84 Å². The second-order valence-electron chi connectivity index (χ2n) is 5.29. The van der Waals surface area contributed by atoms with Gasteiger partial charge in [0.25, 0.3) is 0 Å². The van der Waals surface area contributed by atoms with Gasteiger partial charge in [-0.15, -0.1) is 0 Å². The van der Waals surface area contributed by atoms with Gasteiger partial charge in [0.2, 0.25) is 0 Å². The number of para-hydroxylation sites is 1. The van der Waals surface area contributed by atoms with E-state index < -0.39 is 0 Å². The summed E-state index contributed by atoms with van der Waals surface area (Å²) >= 11 is 0. The number of morpholine rings is 1. The predicted molar refractivity (Wildman–Crippen MR) is 68.4 cm³/mol. The zero-order valence-corrected chi connectivity index (χ0v) is 10.6. The van der Waals surface area contributed by atoms with Crippen molar-refractivity contribution in [2.75, 3.05) is 32.8 Å². The van der Waals surface area contributed by atoms with Crippen LogP contribution in [0.3, 0.4) is 0 Å². The summed E-state index contributed by atoms with van der Waals surface area (Å²) in [6, 6.07) is 7.62. The van der Waals surface area contributed by atoms with Gasteiger partial charge in [-0.1, -0.05) is 32.0 Å². The molecule has 0 saturated carbocycles. The number of hydrogen-bond acceptors (Lipinski definition) is 3. The minimum Gasteiger partial charge on any atom is -0.508 e. The molecule has 1 N–H and O–H groups in total. The van der Waals surface area contributed by atoms with Gasteiger partial charge in [-0.3, -0.25) is 4.90 Å². The van der Waals surface area contributed by atoms with Crippen LogP contribution in [0.25, 0.3) is 0 Å². The monoisotopic (exact) mass is 235 g/mol. The van der Waals surface area contributed by atoms with Crippen molar-refractivity contribution in [3.8, 4) is 5.75 Å². The Morgan fingerprint density at radius 1 is 1.24 bits per heavy atom. The summed E-state index contributed by atoms with van der Waals surface area (Å²) in [5.41, 5.74) is 0.981. The van der Waals surface area contributed by atoms with Crippen LogP contribution in [-0.2, 0) is 10.2 Å². The lowest BCUT2D eigenvalue weighted by atomic mass is 9.83. The molecule has 1 aliphatic heterocycles. The molecule has 0 atom stereocenters. The Balaban J connectivity index is 2.10. The highest BCUT2D eigenvalue weighted by Crippen LogP contribution is 2.31. The molecule has 0 unspecified atom stereocenters. The normalized spacial score (nSPS) is 18.2. The highest BCUT2D eigenvalue weighted by Gasteiger charge is 2.27. The van der Waals surface area contributed by atoms with E-state index in [0.29, 0.717) is 5.75 Å². The molecule has 0 spiro atoms. The maximum absolute atomic E-state index is 9.93. The van der Waals surface area contributed by atoms with E-state index >= 15 is 0 Å². The molecule has 17 heavy (non-hydrogen) atoms. The molecule has 0 bridgehead atoms. The number of phenolic OH excluding ortho intramolecular Hbond substituents is 1. The van der Waals surface area contributed by atoms with Gasteiger partial charge < -0.3 is 9.84 Å². The topological polar surface area (TPSA) is 32.7 Å². The Morgan fingerprint density at radius 2 is 1.88 bits per heavy atom. The number of phenols is 1. The van der Waals surface area contributed by atoms with Crippen molar-refractivity contribution in [2.45, 2.75) is 19.3 Å². The standard InChI is InChI=1S/C14H21NO2/c1-14(2,11-15-7-9-17-10-8-15)12-5-3-4-6-13(12)16/h3-6,16H,7-11H2,1-2H3. The SMILES string of the molecule is CC(C)(CN1CCOCC1)c1ccccc1O. The number of nitrogens with zero attached hydrogens (tertiary/aromatic N) is 1. The van der Waals surface area contributed by atoms with Gasteiger partial charge in [0, 0.05) is 30.6 Å². The van der Waals surface area contributed by atoms with Crippen molar-refractivity contribution in [2.24, 2.45) is 0 Å². The lowest BCUT2D eigenvalue weighted by Crippen LogP contribution is -2.43. The summed E-state index contributed by atoms with van der Waals surface area (Å²) in [4.78, 5) is 2.40. The Labute approximate surface area is 103 Å². The molecule has 1 saturated heterocycles. The molecule has 1 aromatic carbocycles. The van der Waals surface area contributed by atoms with Gasteiger partial charge >= 0.3 is 0 Å². The summed E-state index contributed by atoms with van der Waals surface area (Å²) in [7, 11) is 0. The molecule has 94 valence electrons. The van der Waals surface area contributed by atoms with Crippen LogP contribution in [0.2, 0.25) is 0 Å². The summed E-state index contributed by atoms with van der Waals surface area (Å²) in [5.74, 6) is 0.394. The van der Waals surface area contributed by atoms with Gasteiger partial charge in [0.1, 0.15) is 5.75 Å². The third-order valence-corrected chi connectivity index (χ3v) is 3.36. The Kier molecular flexibility index (Phi) is 3.69. The zero-order valence-electron chi connectivity index (χ0n) is 10.6. The highest BCUT2D eigenvalue weighted by atomic mass is 16.5. The zero-order chi connectivity index (χ0) is 12.3. The van der Waals surface area contributed by atoms with Gasteiger partial charge in [-0.05, 0) is 6.07 Å². The van der Waals surface area contributed by atoms with E-state index in [1.54, 1.807) is 6.07 Å². The number of aromatic hydroxyl groups is 1. The fourth-order valence-electron chi connectivity index (χ4n) is 2.45. The average Bonchev–Trinajstić information content (AvgIpc) is 2.30. The van der Waals surface area contributed by atoms with Gasteiger partial charge in [0.05, 0.1) is 13.2 Å². The van der Waals surface area contributed by atoms with E-state index in [4.69, 9.17) is 4.74 Å². The molecular formula is C14H21NO2. The minimum atomic E-state index is -0.0390. The molecule has 1 heterocycles. The Morgan fingerprint density at radius 3 is 2.53 bits per heavy atom. The van der Waals surface area contributed by atoms with E-state index in [-0.39, 0.29) is 5.41 Å². The number of hydrogen-bond donors (Lipinski definition) is 1. The smallest absolute Gasteiger partial charge is 0.119 e. The van der Waals surface area contributed by atoms with Gasteiger partial charge in [0.15, 0.2) is 0 Å². The van der Waals surface area contributed by atoms with E-state index in [1.807, 2.05) is 18.2 Å².